The van der Waals surface area contributed by atoms with Crippen molar-refractivity contribution in [1.29, 1.82) is 0 Å². The summed E-state index contributed by atoms with van der Waals surface area (Å²) >= 11 is 0. The summed E-state index contributed by atoms with van der Waals surface area (Å²) in [5, 5.41) is 14.4. The molecule has 1 unspecified atom stereocenters. The molecule has 9 heteroatoms. The van der Waals surface area contributed by atoms with E-state index in [0.717, 1.165) is 84.7 Å². The number of carboxylic acids is 1. The second-order valence-corrected chi connectivity index (χ2v) is 13.1. The van der Waals surface area contributed by atoms with E-state index < -0.39 is 11.5 Å². The number of likely N-dealkylation sites (N-methyl/N-ethyl adjacent to an activating group) is 1. The molecular formula is C38H46N6O3. The summed E-state index contributed by atoms with van der Waals surface area (Å²) in [5.41, 5.74) is 10.7. The first-order chi connectivity index (χ1) is 22.3. The van der Waals surface area contributed by atoms with Crippen molar-refractivity contribution in [2.24, 2.45) is 9.98 Å². The Bertz CT molecular complexity index is 1940. The monoisotopic (exact) mass is 634 g/mol. The molecule has 0 radical (unpaired) electrons. The molecule has 5 heterocycles. The van der Waals surface area contributed by atoms with Crippen LogP contribution in [0.25, 0.3) is 24.3 Å². The van der Waals surface area contributed by atoms with E-state index in [4.69, 9.17) is 9.98 Å². The summed E-state index contributed by atoms with van der Waals surface area (Å²) in [5.74, 6) is -0.852. The number of aromatic nitrogens is 2. The van der Waals surface area contributed by atoms with E-state index in [1.165, 1.54) is 0 Å². The minimum absolute atomic E-state index is 0.00545. The Balaban J connectivity index is 1.69. The van der Waals surface area contributed by atoms with Gasteiger partial charge in [0, 0.05) is 60.0 Å². The number of carbonyl (C=O) groups excluding carboxylic acids is 1. The first kappa shape index (κ1) is 33.6. The number of amides is 1. The molecule has 2 aromatic rings. The van der Waals surface area contributed by atoms with E-state index in [0.29, 0.717) is 32.2 Å². The second kappa shape index (κ2) is 13.5. The number of allylic oxidation sites excluding steroid dienone is 3. The Morgan fingerprint density at radius 2 is 1.79 bits per heavy atom. The van der Waals surface area contributed by atoms with Crippen LogP contribution in [0.15, 0.2) is 57.7 Å². The lowest BCUT2D eigenvalue weighted by molar-refractivity contribution is -0.137. The Morgan fingerprint density at radius 3 is 2.47 bits per heavy atom. The van der Waals surface area contributed by atoms with Crippen molar-refractivity contribution < 1.29 is 14.7 Å². The third kappa shape index (κ3) is 7.00. The van der Waals surface area contributed by atoms with E-state index in [1.807, 2.05) is 44.1 Å². The van der Waals surface area contributed by atoms with Gasteiger partial charge in [0.15, 0.2) is 0 Å². The topological polar surface area (TPSA) is 126 Å². The number of H-pyrrole nitrogens is 2. The van der Waals surface area contributed by atoms with E-state index in [2.05, 4.69) is 67.4 Å². The van der Waals surface area contributed by atoms with Gasteiger partial charge >= 0.3 is 5.97 Å². The normalized spacial score (nSPS) is 18.6. The van der Waals surface area contributed by atoms with Crippen LogP contribution < -0.4 is 16.0 Å². The zero-order valence-corrected chi connectivity index (χ0v) is 28.4. The van der Waals surface area contributed by atoms with Gasteiger partial charge in [0.2, 0.25) is 5.91 Å². The molecule has 0 saturated heterocycles. The van der Waals surface area contributed by atoms with Gasteiger partial charge in [-0.2, -0.15) is 0 Å². The van der Waals surface area contributed by atoms with Crippen molar-refractivity contribution in [1.82, 2.24) is 20.2 Å². The van der Waals surface area contributed by atoms with Crippen molar-refractivity contribution >= 4 is 47.6 Å². The predicted octanol–water partition coefficient (Wildman–Crippen LogP) is 4.33. The van der Waals surface area contributed by atoms with Crippen molar-refractivity contribution in [2.45, 2.75) is 65.3 Å². The molecule has 246 valence electrons. The smallest absolute Gasteiger partial charge is 0.303 e. The number of hydrogen-bond donors (Lipinski definition) is 4. The number of hydrogen-bond acceptors (Lipinski definition) is 5. The van der Waals surface area contributed by atoms with Crippen LogP contribution in [0.1, 0.15) is 66.8 Å². The maximum atomic E-state index is 12.8. The third-order valence-electron chi connectivity index (χ3n) is 9.44. The summed E-state index contributed by atoms with van der Waals surface area (Å²) < 4.78 is 0. The van der Waals surface area contributed by atoms with Gasteiger partial charge in [0.05, 0.1) is 22.7 Å². The van der Waals surface area contributed by atoms with Crippen LogP contribution >= 0.6 is 0 Å². The molecular weight excluding hydrogens is 588 g/mol. The molecule has 5 rings (SSSR count). The predicted molar refractivity (Wildman–Crippen MR) is 192 cm³/mol. The number of carbonyl (C=O) groups is 2. The summed E-state index contributed by atoms with van der Waals surface area (Å²) in [6.45, 7) is 17.8. The molecule has 8 bridgehead atoms. The third-order valence-corrected chi connectivity index (χ3v) is 9.44. The maximum Gasteiger partial charge on any atom is 0.303 e. The Hall–Kier alpha value is -4.76. The summed E-state index contributed by atoms with van der Waals surface area (Å²) in [6, 6.07) is 0. The Labute approximate surface area is 276 Å². The molecule has 47 heavy (non-hydrogen) atoms. The number of nitrogens with one attached hydrogen (secondary N) is 3. The summed E-state index contributed by atoms with van der Waals surface area (Å²) in [6.07, 6.45) is 13.8. The van der Waals surface area contributed by atoms with Crippen LogP contribution in [0.5, 0.6) is 0 Å². The number of carboxylic acid groups (broad SMARTS) is 1. The lowest BCUT2D eigenvalue weighted by Crippen LogP contribution is -2.31. The molecule has 2 aromatic heterocycles. The van der Waals surface area contributed by atoms with Crippen molar-refractivity contribution in [3.05, 3.63) is 92.1 Å². The van der Waals surface area contributed by atoms with Crippen LogP contribution in [-0.2, 0) is 22.4 Å². The SMILES string of the molecule is C=CC1=CC2=NC1(C)Cc1[nH]c(c(CCC(=O)O)c1C)C=C1N=C(C=c3[nH]c(c(C=C)c3C)=C2)C(C)=C1CCC(=O)NCCN(C)C. The largest absolute Gasteiger partial charge is 0.481 e. The Morgan fingerprint density at radius 1 is 1.02 bits per heavy atom. The number of nitrogens with zero attached hydrogens (tertiary/aromatic N) is 3. The van der Waals surface area contributed by atoms with E-state index in [-0.39, 0.29) is 12.3 Å². The lowest BCUT2D eigenvalue weighted by atomic mass is 9.87. The minimum atomic E-state index is -0.847. The summed E-state index contributed by atoms with van der Waals surface area (Å²) in [7, 11) is 3.96. The highest BCUT2D eigenvalue weighted by Crippen LogP contribution is 2.36. The molecule has 1 amide bonds. The molecule has 0 fully saturated rings. The van der Waals surface area contributed by atoms with Crippen molar-refractivity contribution in [3.63, 3.8) is 0 Å². The van der Waals surface area contributed by atoms with Gasteiger partial charge in [0.1, 0.15) is 0 Å². The standard InChI is InChI=1S/C38H46N6O3/c1-9-25-17-26-18-32-27(10-2)22(3)30(40-32)19-31-23(4)28(11-13-36(45)39-15-16-44(7)8)33(41-31)20-34-29(12-14-37(46)47)24(5)35(42-34)21-38(25,6)43-26/h9-10,17-20,40,42H,1-2,11-16,21H2,3-8H3,(H,39,45)(H,46,47). The first-order valence-corrected chi connectivity index (χ1v) is 16.2. The van der Waals surface area contributed by atoms with Gasteiger partial charge in [-0.3, -0.25) is 14.6 Å². The first-order valence-electron chi connectivity index (χ1n) is 16.2. The highest BCUT2D eigenvalue weighted by Gasteiger charge is 2.34. The molecule has 0 aromatic carbocycles. The molecule has 0 spiro atoms. The number of aliphatic carboxylic acids is 1. The minimum Gasteiger partial charge on any atom is -0.481 e. The van der Waals surface area contributed by atoms with Crippen LogP contribution in [0, 0.1) is 13.8 Å². The number of rotatable bonds is 11. The average molecular weight is 635 g/mol. The van der Waals surface area contributed by atoms with Gasteiger partial charge in [-0.05, 0) is 112 Å². The number of aromatic amines is 2. The van der Waals surface area contributed by atoms with E-state index in [9.17, 15) is 14.7 Å². The number of aliphatic imine (C=N–C) groups is 2. The zero-order chi connectivity index (χ0) is 34.0. The molecule has 1 atom stereocenters. The molecule has 4 N–H and O–H groups in total. The van der Waals surface area contributed by atoms with Gasteiger partial charge in [-0.15, -0.1) is 0 Å². The summed E-state index contributed by atoms with van der Waals surface area (Å²) in [4.78, 5) is 44.1. The van der Waals surface area contributed by atoms with Gasteiger partial charge in [-0.1, -0.05) is 25.3 Å². The molecule has 0 saturated carbocycles. The molecule has 3 aliphatic rings. The van der Waals surface area contributed by atoms with Crippen LogP contribution in [0.3, 0.4) is 0 Å². The Kier molecular flexibility index (Phi) is 9.68. The highest BCUT2D eigenvalue weighted by molar-refractivity contribution is 6.23. The van der Waals surface area contributed by atoms with Gasteiger partial charge in [-0.25, -0.2) is 4.99 Å². The van der Waals surface area contributed by atoms with Gasteiger partial charge in [0.25, 0.3) is 0 Å². The average Bonchev–Trinajstić information content (AvgIpc) is 3.67. The van der Waals surface area contributed by atoms with Crippen LogP contribution in [0.4, 0.5) is 0 Å². The molecule has 9 nitrogen and oxygen atoms in total. The maximum absolute atomic E-state index is 12.8. The van der Waals surface area contributed by atoms with E-state index >= 15 is 0 Å². The van der Waals surface area contributed by atoms with Crippen molar-refractivity contribution in [3.8, 4) is 0 Å². The highest BCUT2D eigenvalue weighted by atomic mass is 16.4. The van der Waals surface area contributed by atoms with Gasteiger partial charge < -0.3 is 25.3 Å². The molecule has 0 aliphatic carbocycles. The fourth-order valence-electron chi connectivity index (χ4n) is 6.65. The van der Waals surface area contributed by atoms with Crippen LogP contribution in [-0.4, -0.2) is 76.0 Å². The fraction of sp³-hybridized carbons (Fsp3) is 0.368. The van der Waals surface area contributed by atoms with E-state index in [1.54, 1.807) is 0 Å². The zero-order valence-electron chi connectivity index (χ0n) is 28.4. The number of fused-ring (bicyclic) bond motifs is 6. The van der Waals surface area contributed by atoms with Crippen molar-refractivity contribution in [2.75, 3.05) is 27.2 Å². The molecule has 3 aliphatic heterocycles. The van der Waals surface area contributed by atoms with Crippen LogP contribution in [0.2, 0.25) is 0 Å². The quantitative estimate of drug-likeness (QED) is 0.294. The lowest BCUT2D eigenvalue weighted by Gasteiger charge is -2.23. The fourth-order valence-corrected chi connectivity index (χ4v) is 6.65. The second-order valence-electron chi connectivity index (χ2n) is 13.1.